The van der Waals surface area contributed by atoms with E-state index in [2.05, 4.69) is 11.5 Å². The number of carbonyl (C=O) groups is 3. The Hall–Kier alpha value is -2.11. The van der Waals surface area contributed by atoms with Gasteiger partial charge in [0.1, 0.15) is 5.75 Å². The minimum atomic E-state index is -1.03. The number of esters is 1. The van der Waals surface area contributed by atoms with Crippen molar-refractivity contribution in [2.24, 2.45) is 16.7 Å². The zero-order valence-electron chi connectivity index (χ0n) is 19.8. The van der Waals surface area contributed by atoms with Gasteiger partial charge in [0.25, 0.3) is 0 Å². The average Bonchev–Trinajstić information content (AvgIpc) is 2.76. The van der Waals surface area contributed by atoms with Gasteiger partial charge in [0.2, 0.25) is 0 Å². The monoisotopic (exact) mass is 493 g/mol. The summed E-state index contributed by atoms with van der Waals surface area (Å²) in [6, 6.07) is 7.15. The van der Waals surface area contributed by atoms with Crippen molar-refractivity contribution >= 4 is 46.4 Å². The minimum Gasteiger partial charge on any atom is -0.427 e. The standard InChI is InChI=1S/C26H33Cl2NO4/c1-6-7-19-16-22(30)26(5,18(2)24(19)32)25(3,4)17-23(31)33-21-10-8-20(9-11-21)29(14-12-27)15-13-28/h6,8-11,16,18H,1,7,12-15,17H2,2-5H3. The molecule has 0 saturated carbocycles. The van der Waals surface area contributed by atoms with Crippen molar-refractivity contribution in [3.05, 3.63) is 48.6 Å². The fourth-order valence-electron chi connectivity index (χ4n) is 4.38. The van der Waals surface area contributed by atoms with Gasteiger partial charge in [0.05, 0.1) is 6.42 Å². The molecule has 2 unspecified atom stereocenters. The van der Waals surface area contributed by atoms with Gasteiger partial charge in [-0.15, -0.1) is 29.8 Å². The highest BCUT2D eigenvalue weighted by Gasteiger charge is 2.55. The number of hydrogen-bond acceptors (Lipinski definition) is 5. The van der Waals surface area contributed by atoms with Crippen LogP contribution < -0.4 is 9.64 Å². The van der Waals surface area contributed by atoms with Crippen LogP contribution in [0.25, 0.3) is 0 Å². The zero-order valence-corrected chi connectivity index (χ0v) is 21.3. The van der Waals surface area contributed by atoms with Crippen LogP contribution in [0.1, 0.15) is 40.5 Å². The zero-order chi connectivity index (χ0) is 24.8. The summed E-state index contributed by atoms with van der Waals surface area (Å²) in [5, 5.41) is 0. The van der Waals surface area contributed by atoms with Crippen molar-refractivity contribution in [2.75, 3.05) is 29.7 Å². The molecule has 0 N–H and O–H groups in total. The summed E-state index contributed by atoms with van der Waals surface area (Å²) >= 11 is 11.7. The third-order valence-corrected chi connectivity index (χ3v) is 7.23. The summed E-state index contributed by atoms with van der Waals surface area (Å²) in [6.07, 6.45) is 3.38. The lowest BCUT2D eigenvalue weighted by molar-refractivity contribution is -0.149. The second kappa shape index (κ2) is 11.3. The molecule has 0 heterocycles. The van der Waals surface area contributed by atoms with E-state index < -0.39 is 22.7 Å². The predicted molar refractivity (Wildman–Crippen MR) is 134 cm³/mol. The first kappa shape index (κ1) is 27.1. The quantitative estimate of drug-likeness (QED) is 0.174. The number of nitrogens with zero attached hydrogens (tertiary/aromatic N) is 1. The molecule has 2 atom stereocenters. The molecule has 7 heteroatoms. The Bertz CT molecular complexity index is 917. The van der Waals surface area contributed by atoms with Gasteiger partial charge in [-0.1, -0.05) is 33.8 Å². The molecule has 1 aromatic rings. The molecule has 0 fully saturated rings. The van der Waals surface area contributed by atoms with Gasteiger partial charge in [-0.25, -0.2) is 0 Å². The first-order chi connectivity index (χ1) is 15.5. The van der Waals surface area contributed by atoms with Gasteiger partial charge in [0, 0.05) is 47.4 Å². The maximum absolute atomic E-state index is 13.1. The molecule has 2 rings (SSSR count). The molecule has 5 nitrogen and oxygen atoms in total. The summed E-state index contributed by atoms with van der Waals surface area (Å²) in [7, 11) is 0. The van der Waals surface area contributed by atoms with Crippen LogP contribution >= 0.6 is 23.2 Å². The van der Waals surface area contributed by atoms with Crippen molar-refractivity contribution in [1.82, 2.24) is 0 Å². The average molecular weight is 494 g/mol. The highest BCUT2D eigenvalue weighted by Crippen LogP contribution is 2.51. The molecular weight excluding hydrogens is 461 g/mol. The van der Waals surface area contributed by atoms with Crippen LogP contribution in [0.15, 0.2) is 48.6 Å². The Balaban J connectivity index is 2.15. The summed E-state index contributed by atoms with van der Waals surface area (Å²) in [6.45, 7) is 12.2. The minimum absolute atomic E-state index is 0.0101. The summed E-state index contributed by atoms with van der Waals surface area (Å²) < 4.78 is 5.56. The number of allylic oxidation sites excluding steroid dienone is 3. The van der Waals surface area contributed by atoms with Gasteiger partial charge in [-0.05, 0) is 42.2 Å². The Labute approximate surface area is 206 Å². The van der Waals surface area contributed by atoms with Crippen molar-refractivity contribution in [2.45, 2.75) is 40.5 Å². The van der Waals surface area contributed by atoms with Crippen molar-refractivity contribution in [1.29, 1.82) is 0 Å². The second-order valence-corrected chi connectivity index (χ2v) is 9.96. The number of benzene rings is 1. The molecule has 33 heavy (non-hydrogen) atoms. The lowest BCUT2D eigenvalue weighted by Crippen LogP contribution is -2.52. The van der Waals surface area contributed by atoms with E-state index in [1.807, 2.05) is 26.0 Å². The first-order valence-electron chi connectivity index (χ1n) is 11.1. The van der Waals surface area contributed by atoms with Crippen LogP contribution in [0.4, 0.5) is 5.69 Å². The maximum Gasteiger partial charge on any atom is 0.311 e. The number of ketones is 2. The van der Waals surface area contributed by atoms with Gasteiger partial charge in [0.15, 0.2) is 11.6 Å². The smallest absolute Gasteiger partial charge is 0.311 e. The molecule has 1 aliphatic carbocycles. The summed E-state index contributed by atoms with van der Waals surface area (Å²) in [4.78, 5) is 40.8. The highest BCUT2D eigenvalue weighted by molar-refractivity contribution is 6.18. The molecule has 0 aliphatic heterocycles. The van der Waals surface area contributed by atoms with E-state index in [0.29, 0.717) is 42.6 Å². The van der Waals surface area contributed by atoms with Gasteiger partial charge >= 0.3 is 5.97 Å². The topological polar surface area (TPSA) is 63.7 Å². The van der Waals surface area contributed by atoms with E-state index in [1.54, 1.807) is 32.1 Å². The molecule has 0 radical (unpaired) electrons. The Kier molecular flexibility index (Phi) is 9.33. The fourth-order valence-corrected chi connectivity index (χ4v) is 4.79. The van der Waals surface area contributed by atoms with Crippen molar-refractivity contribution < 1.29 is 19.1 Å². The molecule has 0 bridgehead atoms. The van der Waals surface area contributed by atoms with Crippen molar-refractivity contribution in [3.8, 4) is 5.75 Å². The number of anilines is 1. The molecule has 0 saturated heterocycles. The fraction of sp³-hybridized carbons (Fsp3) is 0.500. The van der Waals surface area contributed by atoms with Gasteiger partial charge in [-0.3, -0.25) is 14.4 Å². The Morgan fingerprint density at radius 3 is 2.27 bits per heavy atom. The maximum atomic E-state index is 13.1. The van der Waals surface area contributed by atoms with Crippen LogP contribution in [-0.4, -0.2) is 42.4 Å². The van der Waals surface area contributed by atoms with Crippen LogP contribution in [0.3, 0.4) is 0 Å². The molecular formula is C26H33Cl2NO4. The van der Waals surface area contributed by atoms with Crippen LogP contribution in [0, 0.1) is 16.7 Å². The molecule has 0 aromatic heterocycles. The summed E-state index contributed by atoms with van der Waals surface area (Å²) in [5.41, 5.74) is -0.424. The van der Waals surface area contributed by atoms with E-state index >= 15 is 0 Å². The first-order valence-corrected chi connectivity index (χ1v) is 12.2. The SMILES string of the molecule is C=CCC1=CC(=O)C(C)(C(C)(C)CC(=O)Oc2ccc(N(CCCl)CCCl)cc2)C(C)C1=O. The molecule has 1 aliphatic rings. The van der Waals surface area contributed by atoms with E-state index in [9.17, 15) is 14.4 Å². The number of Topliss-reactive ketones (excluding diaryl/α,β-unsaturated/α-hetero) is 1. The Morgan fingerprint density at radius 1 is 1.18 bits per heavy atom. The number of hydrogen-bond donors (Lipinski definition) is 0. The number of carbonyl (C=O) groups excluding carboxylic acids is 3. The Morgan fingerprint density at radius 2 is 1.76 bits per heavy atom. The lowest BCUT2D eigenvalue weighted by atomic mass is 9.53. The van der Waals surface area contributed by atoms with E-state index in [0.717, 1.165) is 5.69 Å². The normalized spacial score (nSPS) is 20.9. The second-order valence-electron chi connectivity index (χ2n) is 9.21. The van der Waals surface area contributed by atoms with Gasteiger partial charge in [-0.2, -0.15) is 0 Å². The third kappa shape index (κ3) is 5.88. The third-order valence-electron chi connectivity index (χ3n) is 6.89. The molecule has 180 valence electrons. The largest absolute Gasteiger partial charge is 0.427 e. The summed E-state index contributed by atoms with van der Waals surface area (Å²) in [5.74, 6) is 0.132. The van der Waals surface area contributed by atoms with E-state index in [4.69, 9.17) is 27.9 Å². The van der Waals surface area contributed by atoms with Gasteiger partial charge < -0.3 is 9.64 Å². The lowest BCUT2D eigenvalue weighted by Gasteiger charge is -2.47. The molecule has 0 spiro atoms. The van der Waals surface area contributed by atoms with Crippen molar-refractivity contribution in [3.63, 3.8) is 0 Å². The number of alkyl halides is 2. The van der Waals surface area contributed by atoms with Crippen LogP contribution in [0.2, 0.25) is 0 Å². The molecule has 0 amide bonds. The van der Waals surface area contributed by atoms with E-state index in [-0.39, 0.29) is 18.0 Å². The number of rotatable bonds is 11. The molecule has 1 aromatic carbocycles. The number of halogens is 2. The van der Waals surface area contributed by atoms with E-state index in [1.165, 1.54) is 6.08 Å². The predicted octanol–water partition coefficient (Wildman–Crippen LogP) is 5.59. The van der Waals surface area contributed by atoms with Crippen LogP contribution in [-0.2, 0) is 14.4 Å². The van der Waals surface area contributed by atoms with Crippen LogP contribution in [0.5, 0.6) is 5.75 Å². The number of ether oxygens (including phenoxy) is 1. The highest BCUT2D eigenvalue weighted by atomic mass is 35.5.